The molecular formula is C27H28F3N3O4S. The average molecular weight is 548 g/mol. The molecule has 2 amide bonds. The smallest absolute Gasteiger partial charge is 0.321 e. The van der Waals surface area contributed by atoms with E-state index in [1.807, 2.05) is 0 Å². The number of nitrogens with zero attached hydrogens (tertiary/aromatic N) is 1. The van der Waals surface area contributed by atoms with Crippen molar-refractivity contribution in [2.75, 3.05) is 18.4 Å². The topological polar surface area (TPSA) is 95.6 Å². The number of piperidine rings is 1. The normalized spacial score (nSPS) is 14.8. The van der Waals surface area contributed by atoms with Gasteiger partial charge in [-0.3, -0.25) is 9.59 Å². The van der Waals surface area contributed by atoms with Gasteiger partial charge in [-0.25, -0.2) is 12.7 Å². The van der Waals surface area contributed by atoms with Gasteiger partial charge in [0.15, 0.2) is 0 Å². The molecule has 0 spiro atoms. The largest absolute Gasteiger partial charge is 0.417 e. The van der Waals surface area contributed by atoms with Gasteiger partial charge in [0, 0.05) is 22.9 Å². The summed E-state index contributed by atoms with van der Waals surface area (Å²) in [5, 5.41) is 6.24. The Morgan fingerprint density at radius 3 is 2.26 bits per heavy atom. The number of fused-ring (bicyclic) bond motifs is 1. The van der Waals surface area contributed by atoms with Crippen LogP contribution >= 0.6 is 0 Å². The Kier molecular flexibility index (Phi) is 8.08. The van der Waals surface area contributed by atoms with Crippen LogP contribution in [0, 0.1) is 0 Å². The van der Waals surface area contributed by atoms with Crippen molar-refractivity contribution in [2.45, 2.75) is 49.7 Å². The van der Waals surface area contributed by atoms with Gasteiger partial charge in [-0.1, -0.05) is 43.3 Å². The van der Waals surface area contributed by atoms with E-state index in [-0.39, 0.29) is 22.4 Å². The van der Waals surface area contributed by atoms with E-state index in [2.05, 4.69) is 10.6 Å². The number of hydrogen-bond donors (Lipinski definition) is 2. The van der Waals surface area contributed by atoms with Crippen LogP contribution in [-0.2, 0) is 21.0 Å². The third-order valence-electron chi connectivity index (χ3n) is 6.50. The first kappa shape index (κ1) is 27.6. The van der Waals surface area contributed by atoms with Crippen LogP contribution in [0.15, 0.2) is 65.6 Å². The van der Waals surface area contributed by atoms with Crippen molar-refractivity contribution in [3.8, 4) is 0 Å². The zero-order valence-electron chi connectivity index (χ0n) is 20.7. The van der Waals surface area contributed by atoms with E-state index in [1.165, 1.54) is 24.3 Å². The molecule has 0 aromatic heterocycles. The number of hydrogen-bond acceptors (Lipinski definition) is 5. The van der Waals surface area contributed by atoms with Gasteiger partial charge in [0.1, 0.15) is 0 Å². The summed E-state index contributed by atoms with van der Waals surface area (Å²) >= 11 is 0. The number of sulfonamides is 1. The Morgan fingerprint density at radius 1 is 0.974 bits per heavy atom. The third kappa shape index (κ3) is 5.53. The molecule has 0 bridgehead atoms. The van der Waals surface area contributed by atoms with Gasteiger partial charge < -0.3 is 10.6 Å². The van der Waals surface area contributed by atoms with E-state index in [0.29, 0.717) is 37.7 Å². The maximum Gasteiger partial charge on any atom is 0.417 e. The summed E-state index contributed by atoms with van der Waals surface area (Å²) in [7, 11) is -4.28. The quantitative estimate of drug-likeness (QED) is 0.425. The van der Waals surface area contributed by atoms with E-state index >= 15 is 0 Å². The van der Waals surface area contributed by atoms with E-state index in [9.17, 15) is 31.2 Å². The molecule has 2 N–H and O–H groups in total. The summed E-state index contributed by atoms with van der Waals surface area (Å²) in [6.07, 6.45) is -3.19. The van der Waals surface area contributed by atoms with Crippen molar-refractivity contribution in [2.24, 2.45) is 0 Å². The van der Waals surface area contributed by atoms with E-state index in [4.69, 9.17) is 0 Å². The van der Waals surface area contributed by atoms with Gasteiger partial charge in [0.25, 0.3) is 15.9 Å². The molecule has 1 aliphatic rings. The molecule has 1 saturated heterocycles. The maximum atomic E-state index is 13.9. The number of nitrogens with one attached hydrogen (secondary N) is 2. The summed E-state index contributed by atoms with van der Waals surface area (Å²) in [4.78, 5) is 25.8. The molecule has 1 aliphatic heterocycles. The summed E-state index contributed by atoms with van der Waals surface area (Å²) in [6, 6.07) is 12.9. The lowest BCUT2D eigenvalue weighted by Gasteiger charge is -2.34. The van der Waals surface area contributed by atoms with Crippen LogP contribution in [-0.4, -0.2) is 43.7 Å². The summed E-state index contributed by atoms with van der Waals surface area (Å²) in [5.74, 6) is -1.46. The third-order valence-corrected chi connectivity index (χ3v) is 8.43. The first-order chi connectivity index (χ1) is 18.1. The van der Waals surface area contributed by atoms with Crippen molar-refractivity contribution >= 4 is 38.3 Å². The summed E-state index contributed by atoms with van der Waals surface area (Å²) < 4.78 is 69.2. The molecule has 0 atom stereocenters. The number of alkyl halides is 3. The van der Waals surface area contributed by atoms with Crippen molar-refractivity contribution in [1.29, 1.82) is 0 Å². The molecular weight excluding hydrogens is 519 g/mol. The van der Waals surface area contributed by atoms with Gasteiger partial charge in [0.2, 0.25) is 5.91 Å². The highest BCUT2D eigenvalue weighted by atomic mass is 32.2. The Labute approximate surface area is 219 Å². The van der Waals surface area contributed by atoms with Crippen molar-refractivity contribution in [3.63, 3.8) is 0 Å². The highest BCUT2D eigenvalue weighted by molar-refractivity contribution is 7.90. The molecule has 1 fully saturated rings. The zero-order chi connectivity index (χ0) is 27.5. The van der Waals surface area contributed by atoms with Gasteiger partial charge in [-0.15, -0.1) is 0 Å². The minimum absolute atomic E-state index is 0.0772. The van der Waals surface area contributed by atoms with Crippen LogP contribution in [0.4, 0.5) is 18.9 Å². The number of halogens is 3. The number of rotatable bonds is 7. The molecule has 0 saturated carbocycles. The molecule has 11 heteroatoms. The Balaban J connectivity index is 1.77. The van der Waals surface area contributed by atoms with Crippen LogP contribution in [0.1, 0.15) is 48.5 Å². The Morgan fingerprint density at radius 2 is 1.61 bits per heavy atom. The molecule has 7 nitrogen and oxygen atoms in total. The number of amides is 2. The lowest BCUT2D eigenvalue weighted by molar-refractivity contribution is -0.138. The van der Waals surface area contributed by atoms with Crippen LogP contribution in [0.25, 0.3) is 10.8 Å². The second-order valence-corrected chi connectivity index (χ2v) is 10.9. The van der Waals surface area contributed by atoms with E-state index in [1.54, 1.807) is 31.2 Å². The minimum atomic E-state index is -4.73. The second kappa shape index (κ2) is 11.1. The van der Waals surface area contributed by atoms with E-state index in [0.717, 1.165) is 16.4 Å². The van der Waals surface area contributed by atoms with E-state index < -0.39 is 45.2 Å². The lowest BCUT2D eigenvalue weighted by Crippen LogP contribution is -2.49. The molecule has 202 valence electrons. The Bertz CT molecular complexity index is 1450. The first-order valence-electron chi connectivity index (χ1n) is 12.3. The molecule has 38 heavy (non-hydrogen) atoms. The summed E-state index contributed by atoms with van der Waals surface area (Å²) in [6.45, 7) is 2.97. The van der Waals surface area contributed by atoms with Crippen LogP contribution in [0.2, 0.25) is 0 Å². The standard InChI is InChI=1S/C27H28F3N3O4S/c1-2-7-25(34)33(18-14-16-31-17-15-18)38(36,37)24-13-12-23(19-8-3-4-9-20(19)24)32-26(35)21-10-5-6-11-22(21)27(28,29)30/h3-6,8-13,18,31H,2,7,14-17H2,1H3,(H,32,35). The fourth-order valence-electron chi connectivity index (χ4n) is 4.73. The summed E-state index contributed by atoms with van der Waals surface area (Å²) in [5.41, 5.74) is -1.48. The van der Waals surface area contributed by atoms with Crippen molar-refractivity contribution < 1.29 is 31.2 Å². The monoisotopic (exact) mass is 547 g/mol. The van der Waals surface area contributed by atoms with Crippen molar-refractivity contribution in [1.82, 2.24) is 9.62 Å². The SMILES string of the molecule is CCCC(=O)N(C1CCNCC1)S(=O)(=O)c1ccc(NC(=O)c2ccccc2C(F)(F)F)c2ccccc12. The lowest BCUT2D eigenvalue weighted by atomic mass is 10.1. The molecule has 0 radical (unpaired) electrons. The van der Waals surface area contributed by atoms with Gasteiger partial charge >= 0.3 is 6.18 Å². The highest BCUT2D eigenvalue weighted by Gasteiger charge is 2.37. The number of anilines is 1. The molecule has 4 rings (SSSR count). The predicted molar refractivity (Wildman–Crippen MR) is 138 cm³/mol. The minimum Gasteiger partial charge on any atom is -0.321 e. The molecule has 3 aromatic rings. The number of carbonyl (C=O) groups excluding carboxylic acids is 2. The van der Waals surface area contributed by atoms with Gasteiger partial charge in [0.05, 0.1) is 22.1 Å². The maximum absolute atomic E-state index is 13.9. The van der Waals surface area contributed by atoms with Crippen LogP contribution in [0.3, 0.4) is 0 Å². The Hall–Kier alpha value is -3.44. The van der Waals surface area contributed by atoms with Gasteiger partial charge in [-0.2, -0.15) is 13.2 Å². The van der Waals surface area contributed by atoms with Gasteiger partial charge in [-0.05, 0) is 56.6 Å². The zero-order valence-corrected chi connectivity index (χ0v) is 21.5. The number of carbonyl (C=O) groups is 2. The van der Waals surface area contributed by atoms with Crippen LogP contribution in [0.5, 0.6) is 0 Å². The second-order valence-electron chi connectivity index (χ2n) is 9.08. The predicted octanol–water partition coefficient (Wildman–Crippen LogP) is 5.18. The van der Waals surface area contributed by atoms with Crippen LogP contribution < -0.4 is 10.6 Å². The highest BCUT2D eigenvalue weighted by Crippen LogP contribution is 2.35. The average Bonchev–Trinajstić information content (AvgIpc) is 2.89. The number of benzene rings is 3. The molecule has 1 heterocycles. The fraction of sp³-hybridized carbons (Fsp3) is 0.333. The molecule has 0 unspecified atom stereocenters. The van der Waals surface area contributed by atoms with Crippen molar-refractivity contribution in [3.05, 3.63) is 71.8 Å². The first-order valence-corrected chi connectivity index (χ1v) is 13.8. The molecule has 0 aliphatic carbocycles. The fourth-order valence-corrected chi connectivity index (χ4v) is 6.60. The molecule has 3 aromatic carbocycles.